The van der Waals surface area contributed by atoms with Gasteiger partial charge in [-0.3, -0.25) is 9.69 Å². The van der Waals surface area contributed by atoms with E-state index in [1.54, 1.807) is 12.0 Å². The molecule has 0 N–H and O–H groups in total. The minimum Gasteiger partial charge on any atom is -0.497 e. The van der Waals surface area contributed by atoms with Crippen molar-refractivity contribution >= 4 is 5.91 Å². The van der Waals surface area contributed by atoms with Crippen molar-refractivity contribution in [3.63, 3.8) is 0 Å². The lowest BCUT2D eigenvalue weighted by atomic mass is 10.1. The van der Waals surface area contributed by atoms with Gasteiger partial charge in [0.2, 0.25) is 0 Å². The lowest BCUT2D eigenvalue weighted by Gasteiger charge is -2.36. The fraction of sp³-hybridized carbons (Fsp3) is 0.321. The lowest BCUT2D eigenvalue weighted by molar-refractivity contribution is 0.00328. The molecule has 1 aliphatic rings. The maximum absolute atomic E-state index is 14.1. The van der Waals surface area contributed by atoms with Crippen LogP contribution < -0.4 is 4.74 Å². The molecule has 35 heavy (non-hydrogen) atoms. The van der Waals surface area contributed by atoms with Crippen molar-refractivity contribution in [1.82, 2.24) is 9.80 Å². The third kappa shape index (κ3) is 6.24. The molecule has 1 amide bonds. The molecule has 0 aliphatic carbocycles. The van der Waals surface area contributed by atoms with Crippen molar-refractivity contribution < 1.29 is 23.0 Å². The Morgan fingerprint density at radius 3 is 2.40 bits per heavy atom. The van der Waals surface area contributed by atoms with E-state index in [2.05, 4.69) is 36.1 Å². The van der Waals surface area contributed by atoms with Crippen molar-refractivity contribution in [3.05, 3.63) is 101 Å². The normalized spacial score (nSPS) is 15.1. The van der Waals surface area contributed by atoms with E-state index in [-0.39, 0.29) is 11.7 Å². The first-order valence-corrected chi connectivity index (χ1v) is 11.7. The first-order chi connectivity index (χ1) is 16.9. The molecule has 184 valence electrons. The van der Waals surface area contributed by atoms with Crippen molar-refractivity contribution in [2.75, 3.05) is 39.8 Å². The Morgan fingerprint density at radius 2 is 1.69 bits per heavy atom. The SMILES string of the molecule is COc1cccc([C@@H](CN2CCN(C(=O)c3cccc(F)c3F)CC2)OCc2ccc(C)cc2)c1. The van der Waals surface area contributed by atoms with Gasteiger partial charge in [0.15, 0.2) is 11.6 Å². The Bertz CT molecular complexity index is 1150. The number of carbonyl (C=O) groups excluding carboxylic acids is 1. The molecule has 0 aromatic heterocycles. The molecule has 0 radical (unpaired) electrons. The fourth-order valence-corrected chi connectivity index (χ4v) is 4.18. The number of hydrogen-bond acceptors (Lipinski definition) is 4. The Morgan fingerprint density at radius 1 is 0.971 bits per heavy atom. The van der Waals surface area contributed by atoms with Gasteiger partial charge in [-0.15, -0.1) is 0 Å². The van der Waals surface area contributed by atoms with Crippen LogP contribution in [-0.2, 0) is 11.3 Å². The third-order valence-corrected chi connectivity index (χ3v) is 6.30. The van der Waals surface area contributed by atoms with Crippen LogP contribution in [0.25, 0.3) is 0 Å². The Kier molecular flexibility index (Phi) is 8.10. The van der Waals surface area contributed by atoms with E-state index in [0.717, 1.165) is 22.9 Å². The lowest BCUT2D eigenvalue weighted by Crippen LogP contribution is -2.49. The zero-order valence-corrected chi connectivity index (χ0v) is 20.0. The number of carbonyl (C=O) groups is 1. The number of ether oxygens (including phenoxy) is 2. The predicted octanol–water partition coefficient (Wildman–Crippen LogP) is 5.00. The molecular formula is C28H30F2N2O3. The third-order valence-electron chi connectivity index (χ3n) is 6.30. The summed E-state index contributed by atoms with van der Waals surface area (Å²) < 4.78 is 39.4. The minimum atomic E-state index is -1.09. The highest BCUT2D eigenvalue weighted by atomic mass is 19.2. The standard InChI is InChI=1S/C28H30F2N2O3/c1-20-9-11-21(12-10-20)19-35-26(22-5-3-6-23(17-22)34-2)18-31-13-15-32(16-14-31)28(33)24-7-4-8-25(29)27(24)30/h3-12,17,26H,13-16,18-19H2,1-2H3/t26-/m1/s1. The summed E-state index contributed by atoms with van der Waals surface area (Å²) in [4.78, 5) is 16.5. The molecule has 0 bridgehead atoms. The second kappa shape index (κ2) is 11.4. The van der Waals surface area contributed by atoms with Gasteiger partial charge in [0, 0.05) is 32.7 Å². The molecule has 1 fully saturated rings. The van der Waals surface area contributed by atoms with Crippen LogP contribution in [0.5, 0.6) is 5.75 Å². The van der Waals surface area contributed by atoms with E-state index < -0.39 is 17.5 Å². The molecule has 1 atom stereocenters. The molecule has 1 saturated heterocycles. The van der Waals surface area contributed by atoms with E-state index in [1.807, 2.05) is 24.3 Å². The molecule has 0 spiro atoms. The van der Waals surface area contributed by atoms with Crippen LogP contribution in [-0.4, -0.2) is 55.5 Å². The monoisotopic (exact) mass is 480 g/mol. The van der Waals surface area contributed by atoms with E-state index in [9.17, 15) is 13.6 Å². The average molecular weight is 481 g/mol. The Labute approximate surface area is 204 Å². The van der Waals surface area contributed by atoms with Crippen molar-refractivity contribution in [1.29, 1.82) is 0 Å². The van der Waals surface area contributed by atoms with Crippen LogP contribution in [0.3, 0.4) is 0 Å². The number of amides is 1. The number of piperazine rings is 1. The predicted molar refractivity (Wildman–Crippen MR) is 130 cm³/mol. The average Bonchev–Trinajstić information content (AvgIpc) is 2.89. The van der Waals surface area contributed by atoms with Gasteiger partial charge in [-0.2, -0.15) is 0 Å². The van der Waals surface area contributed by atoms with Gasteiger partial charge in [0.05, 0.1) is 25.4 Å². The molecule has 7 heteroatoms. The number of aryl methyl sites for hydroxylation is 1. The van der Waals surface area contributed by atoms with E-state index in [0.29, 0.717) is 39.3 Å². The maximum Gasteiger partial charge on any atom is 0.257 e. The Hall–Kier alpha value is -3.29. The number of benzene rings is 3. The van der Waals surface area contributed by atoms with Crippen molar-refractivity contribution in [3.8, 4) is 5.75 Å². The van der Waals surface area contributed by atoms with E-state index in [1.165, 1.54) is 17.7 Å². The first-order valence-electron chi connectivity index (χ1n) is 11.7. The summed E-state index contributed by atoms with van der Waals surface area (Å²) in [6, 6.07) is 19.8. The molecule has 3 aromatic rings. The summed E-state index contributed by atoms with van der Waals surface area (Å²) in [5, 5.41) is 0. The summed E-state index contributed by atoms with van der Waals surface area (Å²) in [6.07, 6.45) is -0.200. The topological polar surface area (TPSA) is 42.0 Å². The minimum absolute atomic E-state index is 0.200. The Balaban J connectivity index is 1.41. The second-order valence-corrected chi connectivity index (χ2v) is 8.76. The summed E-state index contributed by atoms with van der Waals surface area (Å²) in [5.74, 6) is -1.83. The summed E-state index contributed by atoms with van der Waals surface area (Å²) in [5.41, 5.74) is 3.07. The molecule has 1 heterocycles. The van der Waals surface area contributed by atoms with Crippen molar-refractivity contribution in [2.24, 2.45) is 0 Å². The fourth-order valence-electron chi connectivity index (χ4n) is 4.18. The van der Waals surface area contributed by atoms with E-state index >= 15 is 0 Å². The largest absolute Gasteiger partial charge is 0.497 e. The van der Waals surface area contributed by atoms with Crippen LogP contribution in [0.4, 0.5) is 8.78 Å². The highest BCUT2D eigenvalue weighted by Crippen LogP contribution is 2.25. The van der Waals surface area contributed by atoms with Gasteiger partial charge in [0.1, 0.15) is 5.75 Å². The molecular weight excluding hydrogens is 450 g/mol. The highest BCUT2D eigenvalue weighted by molar-refractivity contribution is 5.94. The number of nitrogens with zero attached hydrogens (tertiary/aromatic N) is 2. The van der Waals surface area contributed by atoms with Gasteiger partial charge in [-0.1, -0.05) is 48.0 Å². The smallest absolute Gasteiger partial charge is 0.257 e. The zero-order chi connectivity index (χ0) is 24.8. The molecule has 4 rings (SSSR count). The van der Waals surface area contributed by atoms with Crippen LogP contribution in [0.15, 0.2) is 66.7 Å². The van der Waals surface area contributed by atoms with Crippen LogP contribution >= 0.6 is 0 Å². The first kappa shape index (κ1) is 24.8. The molecule has 0 unspecified atom stereocenters. The number of hydrogen-bond donors (Lipinski definition) is 0. The number of methoxy groups -OCH3 is 1. The summed E-state index contributed by atoms with van der Waals surface area (Å²) in [6.45, 7) is 5.23. The van der Waals surface area contributed by atoms with Crippen molar-refractivity contribution in [2.45, 2.75) is 19.6 Å². The van der Waals surface area contributed by atoms with Gasteiger partial charge in [-0.05, 0) is 42.3 Å². The quantitative estimate of drug-likeness (QED) is 0.455. The van der Waals surface area contributed by atoms with E-state index in [4.69, 9.17) is 9.47 Å². The van der Waals surface area contributed by atoms with Gasteiger partial charge in [0.25, 0.3) is 5.91 Å². The zero-order valence-electron chi connectivity index (χ0n) is 20.0. The summed E-state index contributed by atoms with van der Waals surface area (Å²) >= 11 is 0. The molecule has 5 nitrogen and oxygen atoms in total. The second-order valence-electron chi connectivity index (χ2n) is 8.76. The van der Waals surface area contributed by atoms with Crippen LogP contribution in [0.2, 0.25) is 0 Å². The molecule has 1 aliphatic heterocycles. The van der Waals surface area contributed by atoms with Gasteiger partial charge < -0.3 is 14.4 Å². The number of rotatable bonds is 8. The van der Waals surface area contributed by atoms with Crippen LogP contribution in [0, 0.1) is 18.6 Å². The maximum atomic E-state index is 14.1. The summed E-state index contributed by atoms with van der Waals surface area (Å²) in [7, 11) is 1.64. The highest BCUT2D eigenvalue weighted by Gasteiger charge is 2.27. The molecule has 0 saturated carbocycles. The number of halogens is 2. The molecule has 3 aromatic carbocycles. The van der Waals surface area contributed by atoms with Crippen LogP contribution in [0.1, 0.15) is 33.2 Å². The van der Waals surface area contributed by atoms with Gasteiger partial charge >= 0.3 is 0 Å². The van der Waals surface area contributed by atoms with Gasteiger partial charge in [-0.25, -0.2) is 8.78 Å².